The maximum absolute atomic E-state index is 12.1. The van der Waals surface area contributed by atoms with E-state index in [0.29, 0.717) is 21.4 Å². The van der Waals surface area contributed by atoms with Gasteiger partial charge in [0.05, 0.1) is 21.4 Å². The number of hydrogen-bond donors (Lipinski definition) is 1. The molecular formula is C14H10Cl2KN3O2. The number of hydrogen-bond acceptors (Lipinski definition) is 2. The predicted molar refractivity (Wildman–Crippen MR) is 83.1 cm³/mol. The Morgan fingerprint density at radius 3 is 1.50 bits per heavy atom. The molecule has 0 atom stereocenters. The Kier molecular flexibility index (Phi) is 5.90. The number of nitrogens with one attached hydrogen (secondary N) is 1. The number of aromatic nitrogens is 3. The molecule has 3 aromatic rings. The monoisotopic (exact) mass is 361 g/mol. The molecule has 108 valence electrons. The molecule has 3 rings (SSSR count). The van der Waals surface area contributed by atoms with Crippen LogP contribution in [0.15, 0.2) is 58.1 Å². The van der Waals surface area contributed by atoms with Crippen molar-refractivity contribution in [3.05, 3.63) is 79.5 Å². The van der Waals surface area contributed by atoms with Gasteiger partial charge < -0.3 is 1.43 Å². The number of nitrogens with zero attached hydrogens (tertiary/aromatic N) is 2. The number of rotatable bonds is 2. The fraction of sp³-hybridized carbons (Fsp3) is 0. The smallest absolute Gasteiger partial charge is 1.00 e. The molecule has 0 bridgehead atoms. The maximum atomic E-state index is 12.1. The molecule has 0 aliphatic carbocycles. The third-order valence-electron chi connectivity index (χ3n) is 2.96. The fourth-order valence-electron chi connectivity index (χ4n) is 2.06. The van der Waals surface area contributed by atoms with E-state index in [1.807, 2.05) is 0 Å². The Hall–Kier alpha value is -0.604. The molecule has 0 amide bonds. The van der Waals surface area contributed by atoms with Crippen LogP contribution in [0.2, 0.25) is 10.0 Å². The van der Waals surface area contributed by atoms with Crippen molar-refractivity contribution in [2.45, 2.75) is 0 Å². The second-order valence-electron chi connectivity index (χ2n) is 4.26. The standard InChI is InChI=1S/C14H9Cl2N3O2.K.H/c15-9-5-1-3-7-11(9)18-13(20)17-14(21)19(18)12-8-4-2-6-10(12)16;;/h1-8H,(H,17,20,21);;/q;+1;-1. The Labute approximate surface area is 179 Å². The number of benzene rings is 2. The molecule has 1 heterocycles. The summed E-state index contributed by atoms with van der Waals surface area (Å²) in [6.45, 7) is 0. The van der Waals surface area contributed by atoms with E-state index in [2.05, 4.69) is 4.98 Å². The molecule has 5 nitrogen and oxygen atoms in total. The quantitative estimate of drug-likeness (QED) is 0.639. The van der Waals surface area contributed by atoms with Gasteiger partial charge in [0.1, 0.15) is 0 Å². The number of H-pyrrole nitrogens is 1. The van der Waals surface area contributed by atoms with Gasteiger partial charge in [-0.1, -0.05) is 47.5 Å². The zero-order valence-corrected chi connectivity index (χ0v) is 16.2. The molecule has 1 aromatic heterocycles. The minimum absolute atomic E-state index is 0. The van der Waals surface area contributed by atoms with Gasteiger partial charge in [0, 0.05) is 0 Å². The second-order valence-corrected chi connectivity index (χ2v) is 5.08. The summed E-state index contributed by atoms with van der Waals surface area (Å²) >= 11 is 12.2. The van der Waals surface area contributed by atoms with E-state index < -0.39 is 11.4 Å². The Morgan fingerprint density at radius 2 is 1.14 bits per heavy atom. The molecule has 22 heavy (non-hydrogen) atoms. The average molecular weight is 362 g/mol. The van der Waals surface area contributed by atoms with Crippen LogP contribution in [0.3, 0.4) is 0 Å². The van der Waals surface area contributed by atoms with E-state index in [-0.39, 0.29) is 52.8 Å². The van der Waals surface area contributed by atoms with Crippen molar-refractivity contribution in [2.24, 2.45) is 0 Å². The number of aromatic amines is 1. The molecule has 2 aromatic carbocycles. The van der Waals surface area contributed by atoms with Crippen molar-refractivity contribution in [3.8, 4) is 11.4 Å². The molecule has 0 radical (unpaired) electrons. The summed E-state index contributed by atoms with van der Waals surface area (Å²) in [7, 11) is 0. The van der Waals surface area contributed by atoms with E-state index in [1.165, 1.54) is 0 Å². The third-order valence-corrected chi connectivity index (χ3v) is 3.60. The normalized spacial score (nSPS) is 10.3. The summed E-state index contributed by atoms with van der Waals surface area (Å²) in [6.07, 6.45) is 0. The number of para-hydroxylation sites is 2. The van der Waals surface area contributed by atoms with Gasteiger partial charge in [-0.2, -0.15) is 9.36 Å². The van der Waals surface area contributed by atoms with Gasteiger partial charge in [0.15, 0.2) is 0 Å². The predicted octanol–water partition coefficient (Wildman–Crippen LogP) is -0.260. The molecule has 0 saturated carbocycles. The van der Waals surface area contributed by atoms with Crippen LogP contribution in [0.5, 0.6) is 0 Å². The molecule has 0 spiro atoms. The van der Waals surface area contributed by atoms with Crippen molar-refractivity contribution in [1.29, 1.82) is 0 Å². The van der Waals surface area contributed by atoms with Crippen LogP contribution in [0.4, 0.5) is 0 Å². The molecule has 0 unspecified atom stereocenters. The summed E-state index contributed by atoms with van der Waals surface area (Å²) in [5.41, 5.74) is -0.397. The van der Waals surface area contributed by atoms with Crippen molar-refractivity contribution in [3.63, 3.8) is 0 Å². The molecule has 0 fully saturated rings. The van der Waals surface area contributed by atoms with Crippen LogP contribution >= 0.6 is 23.2 Å². The van der Waals surface area contributed by atoms with Crippen LogP contribution < -0.4 is 62.8 Å². The van der Waals surface area contributed by atoms with E-state index >= 15 is 0 Å². The first-order valence-corrected chi connectivity index (χ1v) is 6.79. The van der Waals surface area contributed by atoms with Crippen LogP contribution in [0, 0.1) is 0 Å². The summed E-state index contributed by atoms with van der Waals surface area (Å²) in [5, 5.41) is 0.693. The Bertz CT molecular complexity index is 862. The fourth-order valence-corrected chi connectivity index (χ4v) is 2.49. The largest absolute Gasteiger partial charge is 1.00 e. The number of halogens is 2. The van der Waals surface area contributed by atoms with E-state index in [4.69, 9.17) is 23.2 Å². The molecular weight excluding hydrogens is 352 g/mol. The van der Waals surface area contributed by atoms with Gasteiger partial charge >= 0.3 is 62.8 Å². The Morgan fingerprint density at radius 1 is 0.773 bits per heavy atom. The minimum Gasteiger partial charge on any atom is -1.00 e. The topological polar surface area (TPSA) is 59.8 Å². The summed E-state index contributed by atoms with van der Waals surface area (Å²) < 4.78 is 2.32. The molecule has 8 heteroatoms. The van der Waals surface area contributed by atoms with Crippen molar-refractivity contribution < 1.29 is 52.8 Å². The van der Waals surface area contributed by atoms with Crippen molar-refractivity contribution >= 4 is 23.2 Å². The van der Waals surface area contributed by atoms with Crippen LogP contribution in [-0.4, -0.2) is 14.3 Å². The van der Waals surface area contributed by atoms with Crippen LogP contribution in [-0.2, 0) is 0 Å². The Balaban J connectivity index is 0.00000132. The first kappa shape index (κ1) is 17.7. The molecule has 1 N–H and O–H groups in total. The van der Waals surface area contributed by atoms with Gasteiger partial charge in [-0.3, -0.25) is 4.98 Å². The first-order chi connectivity index (χ1) is 10.1. The average Bonchev–Trinajstić information content (AvgIpc) is 2.75. The molecule has 0 aliphatic heterocycles. The van der Waals surface area contributed by atoms with Crippen molar-refractivity contribution in [1.82, 2.24) is 14.3 Å². The summed E-state index contributed by atoms with van der Waals surface area (Å²) in [6, 6.07) is 13.5. The molecule has 0 saturated heterocycles. The van der Waals surface area contributed by atoms with Gasteiger partial charge in [0.25, 0.3) is 0 Å². The SMILES string of the molecule is O=c1[nH]c(=O)n(-c2ccccc2Cl)n1-c1ccccc1Cl.[H-].[K+]. The van der Waals surface area contributed by atoms with E-state index in [1.54, 1.807) is 48.5 Å². The van der Waals surface area contributed by atoms with Gasteiger partial charge in [-0.25, -0.2) is 9.59 Å². The molecule has 0 aliphatic rings. The summed E-state index contributed by atoms with van der Waals surface area (Å²) in [4.78, 5) is 26.4. The van der Waals surface area contributed by atoms with Gasteiger partial charge in [-0.15, -0.1) is 0 Å². The second kappa shape index (κ2) is 7.31. The summed E-state index contributed by atoms with van der Waals surface area (Å²) in [5.74, 6) is 0. The zero-order valence-electron chi connectivity index (χ0n) is 12.6. The zero-order chi connectivity index (χ0) is 15.0. The third kappa shape index (κ3) is 3.19. The van der Waals surface area contributed by atoms with Gasteiger partial charge in [-0.05, 0) is 24.3 Å². The van der Waals surface area contributed by atoms with Crippen LogP contribution in [0.1, 0.15) is 1.43 Å². The van der Waals surface area contributed by atoms with E-state index in [9.17, 15) is 9.59 Å². The maximum Gasteiger partial charge on any atom is 1.00 e. The minimum atomic E-state index is -0.590. The van der Waals surface area contributed by atoms with Gasteiger partial charge in [0.2, 0.25) is 0 Å². The van der Waals surface area contributed by atoms with E-state index in [0.717, 1.165) is 9.36 Å². The van der Waals surface area contributed by atoms with Crippen molar-refractivity contribution in [2.75, 3.05) is 0 Å². The first-order valence-electron chi connectivity index (χ1n) is 6.04. The van der Waals surface area contributed by atoms with Crippen LogP contribution in [0.25, 0.3) is 11.4 Å².